The molecule has 1 aromatic carbocycles. The van der Waals surface area contributed by atoms with Crippen molar-refractivity contribution in [2.24, 2.45) is 0 Å². The Hall–Kier alpha value is -2.63. The first kappa shape index (κ1) is 18.2. The van der Waals surface area contributed by atoms with Gasteiger partial charge in [0, 0.05) is 35.5 Å². The molecule has 2 aromatic heterocycles. The molecule has 6 heteroatoms. The summed E-state index contributed by atoms with van der Waals surface area (Å²) in [6.45, 7) is 2.11. The molecule has 1 atom stereocenters. The highest BCUT2D eigenvalue weighted by molar-refractivity contribution is 6.43. The van der Waals surface area contributed by atoms with E-state index in [0.717, 1.165) is 11.1 Å². The number of hydrogen-bond acceptors (Lipinski definition) is 3. The predicted molar refractivity (Wildman–Crippen MR) is 102 cm³/mol. The maximum Gasteiger partial charge on any atom is 0.294 e. The zero-order chi connectivity index (χ0) is 18.7. The number of carbonyl (C=O) groups excluding carboxylic acids is 2. The number of fused-ring (bicyclic) bond motifs is 1. The average molecular weight is 371 g/mol. The summed E-state index contributed by atoms with van der Waals surface area (Å²) >= 11 is 5.97. The van der Waals surface area contributed by atoms with Crippen LogP contribution in [0.4, 0.5) is 0 Å². The molecule has 0 aliphatic rings. The van der Waals surface area contributed by atoms with E-state index in [2.05, 4.69) is 5.32 Å². The number of amides is 1. The van der Waals surface area contributed by atoms with Crippen molar-refractivity contribution in [2.45, 2.75) is 13.0 Å². The molecule has 0 aliphatic heterocycles. The standard InChI is InChI=1S/C20H19ClN2O3/c1-13(12-26-2)22-20(25)19(24)18-17(14-6-8-15(21)9-7-14)11-16-5-3-4-10-23(16)18/h3-11,13H,12H2,1-2H3,(H,22,25)/t13-/m0/s1. The lowest BCUT2D eigenvalue weighted by molar-refractivity contribution is -0.117. The topological polar surface area (TPSA) is 59.8 Å². The molecule has 3 rings (SSSR count). The Balaban J connectivity index is 2.05. The zero-order valence-electron chi connectivity index (χ0n) is 14.5. The van der Waals surface area contributed by atoms with E-state index in [9.17, 15) is 9.59 Å². The molecule has 0 bridgehead atoms. The summed E-state index contributed by atoms with van der Waals surface area (Å²) in [5.41, 5.74) is 2.66. The summed E-state index contributed by atoms with van der Waals surface area (Å²) in [6, 6.07) is 14.4. The van der Waals surface area contributed by atoms with E-state index in [0.29, 0.717) is 22.9 Å². The van der Waals surface area contributed by atoms with Gasteiger partial charge in [-0.2, -0.15) is 0 Å². The number of pyridine rings is 1. The van der Waals surface area contributed by atoms with Crippen molar-refractivity contribution in [3.05, 3.63) is 65.4 Å². The molecule has 2 heterocycles. The third-order valence-corrected chi connectivity index (χ3v) is 4.30. The second-order valence-electron chi connectivity index (χ2n) is 6.07. The predicted octanol–water partition coefficient (Wildman–Crippen LogP) is 3.59. The number of methoxy groups -OCH3 is 1. The largest absolute Gasteiger partial charge is 0.383 e. The van der Waals surface area contributed by atoms with Crippen LogP contribution in [0, 0.1) is 0 Å². The van der Waals surface area contributed by atoms with Crippen LogP contribution in [-0.4, -0.2) is 35.8 Å². The first-order valence-electron chi connectivity index (χ1n) is 8.21. The molecule has 0 fully saturated rings. The average Bonchev–Trinajstić information content (AvgIpc) is 3.01. The van der Waals surface area contributed by atoms with Gasteiger partial charge < -0.3 is 14.5 Å². The van der Waals surface area contributed by atoms with Gasteiger partial charge >= 0.3 is 0 Å². The fourth-order valence-corrected chi connectivity index (χ4v) is 3.02. The van der Waals surface area contributed by atoms with Crippen LogP contribution in [0.15, 0.2) is 54.7 Å². The number of hydrogen-bond donors (Lipinski definition) is 1. The molecule has 5 nitrogen and oxygen atoms in total. The molecule has 0 aliphatic carbocycles. The van der Waals surface area contributed by atoms with Gasteiger partial charge in [-0.1, -0.05) is 29.8 Å². The zero-order valence-corrected chi connectivity index (χ0v) is 15.3. The molecular weight excluding hydrogens is 352 g/mol. The van der Waals surface area contributed by atoms with E-state index >= 15 is 0 Å². The van der Waals surface area contributed by atoms with Crippen molar-refractivity contribution < 1.29 is 14.3 Å². The van der Waals surface area contributed by atoms with Crippen molar-refractivity contribution in [1.29, 1.82) is 0 Å². The van der Waals surface area contributed by atoms with Crippen LogP contribution in [0.1, 0.15) is 17.4 Å². The number of ether oxygens (including phenoxy) is 1. The van der Waals surface area contributed by atoms with Crippen molar-refractivity contribution in [2.75, 3.05) is 13.7 Å². The van der Waals surface area contributed by atoms with Crippen LogP contribution in [0.2, 0.25) is 5.02 Å². The summed E-state index contributed by atoms with van der Waals surface area (Å²) < 4.78 is 6.73. The minimum Gasteiger partial charge on any atom is -0.383 e. The molecule has 0 unspecified atom stereocenters. The summed E-state index contributed by atoms with van der Waals surface area (Å²) in [7, 11) is 1.55. The number of carbonyl (C=O) groups is 2. The molecule has 0 spiro atoms. The van der Waals surface area contributed by atoms with Crippen LogP contribution in [0.3, 0.4) is 0 Å². The van der Waals surface area contributed by atoms with E-state index in [-0.39, 0.29) is 6.04 Å². The third-order valence-electron chi connectivity index (χ3n) is 4.05. The lowest BCUT2D eigenvalue weighted by Crippen LogP contribution is -2.40. The number of nitrogens with zero attached hydrogens (tertiary/aromatic N) is 1. The number of halogens is 1. The van der Waals surface area contributed by atoms with Crippen molar-refractivity contribution in [3.8, 4) is 11.1 Å². The molecule has 3 aromatic rings. The van der Waals surface area contributed by atoms with E-state index in [1.165, 1.54) is 0 Å². The van der Waals surface area contributed by atoms with Gasteiger partial charge in [0.25, 0.3) is 11.7 Å². The van der Waals surface area contributed by atoms with Crippen molar-refractivity contribution in [1.82, 2.24) is 9.72 Å². The molecule has 1 amide bonds. The second kappa shape index (κ2) is 7.72. The highest BCUT2D eigenvalue weighted by Crippen LogP contribution is 2.29. The van der Waals surface area contributed by atoms with Gasteiger partial charge in [-0.05, 0) is 42.8 Å². The monoisotopic (exact) mass is 370 g/mol. The first-order chi connectivity index (χ1) is 12.5. The van der Waals surface area contributed by atoms with Gasteiger partial charge in [-0.15, -0.1) is 0 Å². The summed E-state index contributed by atoms with van der Waals surface area (Å²) in [5.74, 6) is -1.25. The molecule has 134 valence electrons. The Morgan fingerprint density at radius 2 is 1.92 bits per heavy atom. The minimum atomic E-state index is -0.659. The maximum absolute atomic E-state index is 12.9. The van der Waals surface area contributed by atoms with E-state index < -0.39 is 11.7 Å². The summed E-state index contributed by atoms with van der Waals surface area (Å²) in [4.78, 5) is 25.4. The summed E-state index contributed by atoms with van der Waals surface area (Å²) in [6.07, 6.45) is 1.77. The Morgan fingerprint density at radius 3 is 2.62 bits per heavy atom. The lowest BCUT2D eigenvalue weighted by atomic mass is 10.0. The van der Waals surface area contributed by atoms with E-state index in [4.69, 9.17) is 16.3 Å². The minimum absolute atomic E-state index is 0.262. The van der Waals surface area contributed by atoms with Gasteiger partial charge in [-0.3, -0.25) is 9.59 Å². The van der Waals surface area contributed by atoms with E-state index in [1.807, 2.05) is 36.4 Å². The first-order valence-corrected chi connectivity index (χ1v) is 8.59. The van der Waals surface area contributed by atoms with Crippen molar-refractivity contribution in [3.63, 3.8) is 0 Å². The molecule has 26 heavy (non-hydrogen) atoms. The van der Waals surface area contributed by atoms with Crippen LogP contribution in [0.5, 0.6) is 0 Å². The van der Waals surface area contributed by atoms with Gasteiger partial charge in [-0.25, -0.2) is 0 Å². The van der Waals surface area contributed by atoms with Crippen LogP contribution in [-0.2, 0) is 9.53 Å². The Labute approximate surface area is 156 Å². The number of ketones is 1. The SMILES string of the molecule is COC[C@H](C)NC(=O)C(=O)c1c(-c2ccc(Cl)cc2)cc2ccccn12. The molecule has 0 radical (unpaired) electrons. The van der Waals surface area contributed by atoms with Gasteiger partial charge in [0.15, 0.2) is 0 Å². The van der Waals surface area contributed by atoms with Crippen molar-refractivity contribution >= 4 is 28.8 Å². The molecular formula is C20H19ClN2O3. The fourth-order valence-electron chi connectivity index (χ4n) is 2.89. The Kier molecular flexibility index (Phi) is 5.40. The Morgan fingerprint density at radius 1 is 1.19 bits per heavy atom. The fraction of sp³-hybridized carbons (Fsp3) is 0.200. The lowest BCUT2D eigenvalue weighted by Gasteiger charge is -2.13. The van der Waals surface area contributed by atoms with Gasteiger partial charge in [0.1, 0.15) is 5.69 Å². The van der Waals surface area contributed by atoms with Crippen LogP contribution >= 0.6 is 11.6 Å². The highest BCUT2D eigenvalue weighted by Gasteiger charge is 2.25. The van der Waals surface area contributed by atoms with Crippen LogP contribution in [0.25, 0.3) is 16.6 Å². The van der Waals surface area contributed by atoms with Crippen LogP contribution < -0.4 is 5.32 Å². The van der Waals surface area contributed by atoms with Gasteiger partial charge in [0.05, 0.1) is 6.61 Å². The number of rotatable bonds is 6. The quantitative estimate of drug-likeness (QED) is 0.532. The number of benzene rings is 1. The smallest absolute Gasteiger partial charge is 0.294 e. The summed E-state index contributed by atoms with van der Waals surface area (Å²) in [5, 5.41) is 3.28. The number of aromatic nitrogens is 1. The highest BCUT2D eigenvalue weighted by atomic mass is 35.5. The second-order valence-corrected chi connectivity index (χ2v) is 6.50. The van der Waals surface area contributed by atoms with Gasteiger partial charge in [0.2, 0.25) is 0 Å². The Bertz CT molecular complexity index is 947. The number of nitrogens with one attached hydrogen (secondary N) is 1. The third kappa shape index (κ3) is 3.64. The molecule has 1 N–H and O–H groups in total. The normalized spacial score (nSPS) is 12.1. The van der Waals surface area contributed by atoms with E-state index in [1.54, 1.807) is 36.8 Å². The molecule has 0 saturated carbocycles. The maximum atomic E-state index is 12.9. The number of Topliss-reactive ketones (excluding diaryl/α,β-unsaturated/α-hetero) is 1. The molecule has 0 saturated heterocycles.